The molecule has 2 aromatic rings. The molecule has 0 spiro atoms. The summed E-state index contributed by atoms with van der Waals surface area (Å²) in [7, 11) is 0. The molecule has 1 aromatic heterocycles. The van der Waals surface area contributed by atoms with Gasteiger partial charge < -0.3 is 19.7 Å². The predicted molar refractivity (Wildman–Crippen MR) is 94.7 cm³/mol. The van der Waals surface area contributed by atoms with Crippen molar-refractivity contribution in [3.05, 3.63) is 46.6 Å². The number of aromatic nitrogens is 2. The number of rotatable bonds is 4. The van der Waals surface area contributed by atoms with E-state index in [0.717, 1.165) is 6.20 Å². The molecule has 1 saturated heterocycles. The third-order valence-corrected chi connectivity index (χ3v) is 4.45. The molecule has 1 aromatic carbocycles. The van der Waals surface area contributed by atoms with E-state index < -0.39 is 41.9 Å². The van der Waals surface area contributed by atoms with E-state index in [1.54, 1.807) is 6.07 Å². The highest BCUT2D eigenvalue weighted by atomic mass is 79.9. The molecule has 2 heterocycles. The molecule has 166 valence electrons. The molecule has 1 aliphatic heterocycles. The minimum Gasteiger partial charge on any atom is -0.491 e. The lowest BCUT2D eigenvalue weighted by atomic mass is 10.0. The van der Waals surface area contributed by atoms with E-state index in [1.165, 1.54) is 12.1 Å². The zero-order chi connectivity index (χ0) is 22.3. The summed E-state index contributed by atoms with van der Waals surface area (Å²) >= 11 is 3.05. The number of hydrogen-bond acceptors (Lipinski definition) is 7. The highest BCUT2D eigenvalue weighted by Crippen LogP contribution is 2.27. The number of aliphatic hydroxyl groups is 2. The molecule has 0 saturated carbocycles. The average molecular weight is 503 g/mol. The quantitative estimate of drug-likeness (QED) is 0.619. The van der Waals surface area contributed by atoms with Crippen molar-refractivity contribution in [2.75, 3.05) is 13.2 Å². The summed E-state index contributed by atoms with van der Waals surface area (Å²) in [5.74, 6) is -0.881. The molecule has 0 radical (unpaired) electrons. The Balaban J connectivity index is 0.000000232. The Bertz CT molecular complexity index is 829. The molecule has 3 rings (SSSR count). The summed E-state index contributed by atoms with van der Waals surface area (Å²) in [4.78, 5) is 8.83. The van der Waals surface area contributed by atoms with Crippen molar-refractivity contribution in [2.45, 2.75) is 30.9 Å². The maximum atomic E-state index is 13.2. The maximum absolute atomic E-state index is 13.2. The molecule has 2 N–H and O–H groups in total. The number of halogens is 6. The standard InChI is InChI=1S/C12H14BrFO4.C5H2F4N2O/c13-8-2-1-7(5-9(8)14)18-6-11-12(16)10(15)3-4-17-11;6-5(7,8)3-1-10-2-4(11-3)12-9/h1-2,5,10-12,15-16H,3-4,6H2;1-2H. The van der Waals surface area contributed by atoms with Crippen molar-refractivity contribution in [3.63, 3.8) is 0 Å². The molecule has 0 bridgehead atoms. The molecule has 13 heteroatoms. The second kappa shape index (κ2) is 10.8. The van der Waals surface area contributed by atoms with Gasteiger partial charge >= 0.3 is 6.18 Å². The van der Waals surface area contributed by atoms with Crippen molar-refractivity contribution in [3.8, 4) is 11.6 Å². The summed E-state index contributed by atoms with van der Waals surface area (Å²) in [5.41, 5.74) is -1.29. The van der Waals surface area contributed by atoms with Gasteiger partial charge in [-0.2, -0.15) is 13.2 Å². The Hall–Kier alpha value is -2.09. The Labute approximate surface area is 175 Å². The van der Waals surface area contributed by atoms with E-state index in [-0.39, 0.29) is 6.61 Å². The normalized spacial score (nSPS) is 21.4. The minimum atomic E-state index is -4.64. The van der Waals surface area contributed by atoms with Gasteiger partial charge in [0.25, 0.3) is 5.88 Å². The third kappa shape index (κ3) is 7.00. The fourth-order valence-corrected chi connectivity index (χ4v) is 2.52. The van der Waals surface area contributed by atoms with Crippen molar-refractivity contribution >= 4 is 15.9 Å². The van der Waals surface area contributed by atoms with Gasteiger partial charge in [0.15, 0.2) is 5.69 Å². The fraction of sp³-hybridized carbons (Fsp3) is 0.412. The highest BCUT2D eigenvalue weighted by molar-refractivity contribution is 9.10. The first-order valence-electron chi connectivity index (χ1n) is 8.35. The Kier molecular flexibility index (Phi) is 8.70. The van der Waals surface area contributed by atoms with Crippen LogP contribution in [0.25, 0.3) is 0 Å². The van der Waals surface area contributed by atoms with Crippen LogP contribution in [0.15, 0.2) is 35.1 Å². The zero-order valence-electron chi connectivity index (χ0n) is 15.0. The average Bonchev–Trinajstić information content (AvgIpc) is 2.71. The fourth-order valence-electron chi connectivity index (χ4n) is 2.27. The molecule has 0 amide bonds. The van der Waals surface area contributed by atoms with E-state index >= 15 is 0 Å². The monoisotopic (exact) mass is 502 g/mol. The van der Waals surface area contributed by atoms with Crippen molar-refractivity contribution in [2.24, 2.45) is 0 Å². The van der Waals surface area contributed by atoms with Crippen molar-refractivity contribution in [1.82, 2.24) is 9.97 Å². The smallest absolute Gasteiger partial charge is 0.435 e. The van der Waals surface area contributed by atoms with Gasteiger partial charge in [0, 0.05) is 17.2 Å². The van der Waals surface area contributed by atoms with Crippen LogP contribution in [0.5, 0.6) is 11.6 Å². The van der Waals surface area contributed by atoms with Crippen LogP contribution in [0.3, 0.4) is 0 Å². The number of hydrogen-bond donors (Lipinski definition) is 2. The molecular formula is C17H16BrF5N2O5. The Morgan fingerprint density at radius 1 is 1.23 bits per heavy atom. The first-order valence-corrected chi connectivity index (χ1v) is 9.14. The first-order chi connectivity index (χ1) is 14.1. The first kappa shape index (κ1) is 24.2. The lowest BCUT2D eigenvalue weighted by Crippen LogP contribution is -2.47. The topological polar surface area (TPSA) is 93.9 Å². The molecule has 7 nitrogen and oxygen atoms in total. The summed E-state index contributed by atoms with van der Waals surface area (Å²) < 4.78 is 71.0. The van der Waals surface area contributed by atoms with E-state index in [0.29, 0.717) is 29.4 Å². The Morgan fingerprint density at radius 3 is 2.60 bits per heavy atom. The van der Waals surface area contributed by atoms with Crippen LogP contribution in [0.1, 0.15) is 12.1 Å². The summed E-state index contributed by atoms with van der Waals surface area (Å²) in [6.07, 6.45) is -5.39. The lowest BCUT2D eigenvalue weighted by molar-refractivity contribution is -0.144. The highest BCUT2D eigenvalue weighted by Gasteiger charge is 2.33. The third-order valence-electron chi connectivity index (χ3n) is 3.81. The van der Waals surface area contributed by atoms with E-state index in [4.69, 9.17) is 9.47 Å². The van der Waals surface area contributed by atoms with Gasteiger partial charge in [-0.05, 0) is 34.5 Å². The van der Waals surface area contributed by atoms with Crippen LogP contribution >= 0.6 is 15.9 Å². The molecule has 30 heavy (non-hydrogen) atoms. The van der Waals surface area contributed by atoms with Gasteiger partial charge in [-0.3, -0.25) is 9.93 Å². The van der Waals surface area contributed by atoms with Crippen LogP contribution in [-0.4, -0.2) is 51.7 Å². The van der Waals surface area contributed by atoms with E-state index in [1.807, 2.05) is 0 Å². The van der Waals surface area contributed by atoms with Gasteiger partial charge in [-0.25, -0.2) is 9.37 Å². The van der Waals surface area contributed by atoms with Gasteiger partial charge in [-0.15, -0.1) is 0 Å². The van der Waals surface area contributed by atoms with Crippen molar-refractivity contribution in [1.29, 1.82) is 0 Å². The molecule has 3 atom stereocenters. The van der Waals surface area contributed by atoms with Gasteiger partial charge in [0.1, 0.15) is 30.4 Å². The SMILES string of the molecule is FOc1cncc(C(F)(F)F)n1.OC1CCOC(COc2ccc(Br)c(F)c2)C1O. The Morgan fingerprint density at radius 2 is 1.97 bits per heavy atom. The number of aliphatic hydroxyl groups excluding tert-OH is 2. The zero-order valence-corrected chi connectivity index (χ0v) is 16.6. The summed E-state index contributed by atoms with van der Waals surface area (Å²) in [6.45, 7) is 0.445. The maximum Gasteiger partial charge on any atom is 0.435 e. The van der Waals surface area contributed by atoms with Gasteiger partial charge in [-0.1, -0.05) is 0 Å². The molecule has 3 unspecified atom stereocenters. The second-order valence-corrected chi connectivity index (χ2v) is 6.81. The number of alkyl halides is 3. The molecule has 0 aliphatic carbocycles. The summed E-state index contributed by atoms with van der Waals surface area (Å²) in [6, 6.07) is 4.40. The van der Waals surface area contributed by atoms with Crippen LogP contribution < -0.4 is 9.68 Å². The second-order valence-electron chi connectivity index (χ2n) is 5.96. The van der Waals surface area contributed by atoms with Gasteiger partial charge in [0.2, 0.25) is 0 Å². The number of ether oxygens (including phenoxy) is 2. The minimum absolute atomic E-state index is 0.0687. The van der Waals surface area contributed by atoms with E-state index in [9.17, 15) is 32.3 Å². The largest absolute Gasteiger partial charge is 0.491 e. The number of nitrogens with zero attached hydrogens (tertiary/aromatic N) is 2. The van der Waals surface area contributed by atoms with E-state index in [2.05, 4.69) is 30.8 Å². The predicted octanol–water partition coefficient (Wildman–Crippen LogP) is 3.24. The van der Waals surface area contributed by atoms with Crippen LogP contribution in [0, 0.1) is 5.82 Å². The van der Waals surface area contributed by atoms with Crippen LogP contribution in [0.4, 0.5) is 22.1 Å². The molecular weight excluding hydrogens is 487 g/mol. The van der Waals surface area contributed by atoms with Gasteiger partial charge in [0.05, 0.1) is 23.0 Å². The van der Waals surface area contributed by atoms with Crippen LogP contribution in [-0.2, 0) is 10.9 Å². The summed E-state index contributed by atoms with van der Waals surface area (Å²) in [5, 5.41) is 19.2. The molecule has 1 fully saturated rings. The van der Waals surface area contributed by atoms with Crippen molar-refractivity contribution < 1.29 is 46.7 Å². The molecule has 1 aliphatic rings. The number of benzene rings is 1. The van der Waals surface area contributed by atoms with Crippen LogP contribution in [0.2, 0.25) is 0 Å². The lowest BCUT2D eigenvalue weighted by Gasteiger charge is -2.31.